The second-order valence-corrected chi connectivity index (χ2v) is 7.12. The van der Waals surface area contributed by atoms with Gasteiger partial charge < -0.3 is 19.4 Å². The fourth-order valence-electron chi connectivity index (χ4n) is 3.80. The van der Waals surface area contributed by atoms with E-state index in [1.54, 1.807) is 17.0 Å². The number of quaternary nitrogens is 1. The maximum Gasteiger partial charge on any atom is 0.287 e. The molecule has 1 saturated heterocycles. The molecule has 0 radical (unpaired) electrons. The van der Waals surface area contributed by atoms with Crippen molar-refractivity contribution in [2.75, 3.05) is 32.8 Å². The lowest BCUT2D eigenvalue weighted by Crippen LogP contribution is -3.23. The number of hydrogen-bond acceptors (Lipinski definition) is 3. The molecule has 2 fully saturated rings. The molecule has 0 bridgehead atoms. The van der Waals surface area contributed by atoms with Gasteiger partial charge >= 0.3 is 0 Å². The summed E-state index contributed by atoms with van der Waals surface area (Å²) in [6, 6.07) is 3.45. The van der Waals surface area contributed by atoms with Crippen LogP contribution in [0.3, 0.4) is 0 Å². The number of rotatable bonds is 4. The Balaban J connectivity index is 1.66. The van der Waals surface area contributed by atoms with E-state index in [0.29, 0.717) is 10.4 Å². The molecule has 1 aliphatic heterocycles. The number of ether oxygens (including phenoxy) is 1. The highest BCUT2D eigenvalue weighted by Crippen LogP contribution is 2.25. The Morgan fingerprint density at radius 3 is 2.59 bits per heavy atom. The molecule has 1 aromatic heterocycles. The first-order valence-corrected chi connectivity index (χ1v) is 8.95. The third kappa shape index (κ3) is 3.55. The highest BCUT2D eigenvalue weighted by molar-refractivity contribution is 9.10. The van der Waals surface area contributed by atoms with E-state index in [0.717, 1.165) is 32.8 Å². The average Bonchev–Trinajstić information content (AvgIpc) is 3.01. The topological polar surface area (TPSA) is 55.9 Å². The first kappa shape index (κ1) is 16.0. The first-order chi connectivity index (χ1) is 10.7. The van der Waals surface area contributed by atoms with Crippen LogP contribution in [0.15, 0.2) is 21.2 Å². The van der Waals surface area contributed by atoms with Crippen LogP contribution < -0.4 is 10.2 Å². The van der Waals surface area contributed by atoms with Crippen LogP contribution >= 0.6 is 15.9 Å². The molecule has 6 heteroatoms. The molecular weight excluding hydrogens is 348 g/mol. The van der Waals surface area contributed by atoms with Crippen molar-refractivity contribution < 1.29 is 18.8 Å². The van der Waals surface area contributed by atoms with E-state index in [2.05, 4.69) is 21.2 Å². The van der Waals surface area contributed by atoms with Crippen molar-refractivity contribution in [2.24, 2.45) is 0 Å². The smallest absolute Gasteiger partial charge is 0.287 e. The molecule has 2 heterocycles. The lowest BCUT2D eigenvalue weighted by molar-refractivity contribution is -0.960. The molecule has 2 aliphatic rings. The molecule has 3 rings (SSSR count). The van der Waals surface area contributed by atoms with Gasteiger partial charge in [0.15, 0.2) is 10.4 Å². The van der Waals surface area contributed by atoms with Crippen LogP contribution in [-0.4, -0.2) is 44.3 Å². The van der Waals surface area contributed by atoms with Gasteiger partial charge in [-0.05, 0) is 40.9 Å². The Morgan fingerprint density at radius 2 is 1.95 bits per heavy atom. The van der Waals surface area contributed by atoms with Crippen LogP contribution in [0.5, 0.6) is 0 Å². The third-order valence-corrected chi connectivity index (χ3v) is 5.47. The van der Waals surface area contributed by atoms with Gasteiger partial charge in [0.2, 0.25) is 0 Å². The Morgan fingerprint density at radius 1 is 1.23 bits per heavy atom. The molecule has 22 heavy (non-hydrogen) atoms. The van der Waals surface area contributed by atoms with Crippen LogP contribution in [-0.2, 0) is 4.74 Å². The maximum atomic E-state index is 12.3. The van der Waals surface area contributed by atoms with E-state index in [4.69, 9.17) is 9.15 Å². The Bertz CT molecular complexity index is 505. The van der Waals surface area contributed by atoms with Crippen molar-refractivity contribution >= 4 is 21.8 Å². The highest BCUT2D eigenvalue weighted by atomic mass is 79.9. The highest BCUT2D eigenvalue weighted by Gasteiger charge is 2.42. The van der Waals surface area contributed by atoms with E-state index in [9.17, 15) is 4.79 Å². The fourth-order valence-corrected chi connectivity index (χ4v) is 4.11. The normalized spacial score (nSPS) is 22.4. The maximum absolute atomic E-state index is 12.3. The fraction of sp³-hybridized carbons (Fsp3) is 0.688. The number of carbonyl (C=O) groups is 1. The lowest BCUT2D eigenvalue weighted by atomic mass is 9.79. The summed E-state index contributed by atoms with van der Waals surface area (Å²) in [4.78, 5) is 13.9. The predicted octanol–water partition coefficient (Wildman–Crippen LogP) is 1.39. The number of morpholine rings is 1. The Labute approximate surface area is 139 Å². The van der Waals surface area contributed by atoms with Crippen molar-refractivity contribution in [3.63, 3.8) is 0 Å². The average molecular weight is 372 g/mol. The van der Waals surface area contributed by atoms with E-state index < -0.39 is 0 Å². The van der Waals surface area contributed by atoms with Gasteiger partial charge in [0.1, 0.15) is 18.6 Å². The number of halogens is 1. The van der Waals surface area contributed by atoms with Crippen molar-refractivity contribution in [3.8, 4) is 0 Å². The van der Waals surface area contributed by atoms with Gasteiger partial charge in [0.05, 0.1) is 19.8 Å². The summed E-state index contributed by atoms with van der Waals surface area (Å²) >= 11 is 3.24. The summed E-state index contributed by atoms with van der Waals surface area (Å²) in [6.07, 6.45) is 6.19. The van der Waals surface area contributed by atoms with Crippen molar-refractivity contribution in [1.82, 2.24) is 5.32 Å². The molecule has 0 spiro atoms. The summed E-state index contributed by atoms with van der Waals surface area (Å²) < 4.78 is 11.4. The quantitative estimate of drug-likeness (QED) is 0.840. The SMILES string of the molecule is O=C(NCC1([NH+]2CCOCC2)CCCCC1)c1ccc(Br)o1. The summed E-state index contributed by atoms with van der Waals surface area (Å²) in [6.45, 7) is 4.47. The molecule has 2 N–H and O–H groups in total. The molecule has 1 amide bonds. The molecule has 1 aromatic rings. The number of nitrogens with one attached hydrogen (secondary N) is 2. The molecule has 122 valence electrons. The molecule has 0 unspecified atom stereocenters. The van der Waals surface area contributed by atoms with Gasteiger partial charge in [-0.25, -0.2) is 0 Å². The second kappa shape index (κ2) is 7.15. The lowest BCUT2D eigenvalue weighted by Gasteiger charge is -2.44. The number of hydrogen-bond donors (Lipinski definition) is 2. The van der Waals surface area contributed by atoms with Gasteiger partial charge in [-0.3, -0.25) is 4.79 Å². The van der Waals surface area contributed by atoms with Crippen LogP contribution in [0.2, 0.25) is 0 Å². The van der Waals surface area contributed by atoms with E-state index in [1.165, 1.54) is 32.1 Å². The largest absolute Gasteiger partial charge is 0.444 e. The van der Waals surface area contributed by atoms with Crippen molar-refractivity contribution in [3.05, 3.63) is 22.6 Å². The molecule has 1 saturated carbocycles. The minimum atomic E-state index is -0.122. The number of amides is 1. The standard InChI is InChI=1S/C16H23BrN2O3/c17-14-5-4-13(22-14)15(20)18-12-16(6-2-1-3-7-16)19-8-10-21-11-9-19/h4-5H,1-3,6-12H2,(H,18,20)/p+1. The number of furan rings is 1. The van der Waals surface area contributed by atoms with Crippen molar-refractivity contribution in [2.45, 2.75) is 37.6 Å². The molecular formula is C16H24BrN2O3+. The zero-order chi connectivity index (χ0) is 15.4. The minimum Gasteiger partial charge on any atom is -0.444 e. The van der Waals surface area contributed by atoms with E-state index >= 15 is 0 Å². The molecule has 0 aromatic carbocycles. The predicted molar refractivity (Wildman–Crippen MR) is 86.1 cm³/mol. The van der Waals surface area contributed by atoms with E-state index in [-0.39, 0.29) is 11.4 Å². The third-order valence-electron chi connectivity index (χ3n) is 5.04. The van der Waals surface area contributed by atoms with E-state index in [1.807, 2.05) is 0 Å². The zero-order valence-corrected chi connectivity index (χ0v) is 14.4. The zero-order valence-electron chi connectivity index (χ0n) is 12.8. The summed E-state index contributed by atoms with van der Waals surface area (Å²) in [7, 11) is 0. The first-order valence-electron chi connectivity index (χ1n) is 8.16. The van der Waals surface area contributed by atoms with Crippen LogP contribution in [0.4, 0.5) is 0 Å². The van der Waals surface area contributed by atoms with Gasteiger partial charge in [-0.15, -0.1) is 0 Å². The minimum absolute atomic E-state index is 0.122. The Kier molecular flexibility index (Phi) is 5.21. The molecule has 5 nitrogen and oxygen atoms in total. The van der Waals surface area contributed by atoms with Crippen LogP contribution in [0.1, 0.15) is 42.7 Å². The van der Waals surface area contributed by atoms with Crippen molar-refractivity contribution in [1.29, 1.82) is 0 Å². The summed E-state index contributed by atoms with van der Waals surface area (Å²) in [5, 5.41) is 3.10. The van der Waals surface area contributed by atoms with Gasteiger partial charge in [-0.1, -0.05) is 6.42 Å². The van der Waals surface area contributed by atoms with Crippen LogP contribution in [0.25, 0.3) is 0 Å². The number of carbonyl (C=O) groups excluding carboxylic acids is 1. The Hall–Kier alpha value is -0.850. The van der Waals surface area contributed by atoms with Gasteiger partial charge in [-0.2, -0.15) is 0 Å². The summed E-state index contributed by atoms with van der Waals surface area (Å²) in [5.41, 5.74) is 0.168. The monoisotopic (exact) mass is 371 g/mol. The summed E-state index contributed by atoms with van der Waals surface area (Å²) in [5.74, 6) is 0.248. The van der Waals surface area contributed by atoms with Gasteiger partial charge in [0.25, 0.3) is 5.91 Å². The molecule has 0 atom stereocenters. The second-order valence-electron chi connectivity index (χ2n) is 6.34. The molecule has 1 aliphatic carbocycles. The van der Waals surface area contributed by atoms with Gasteiger partial charge in [0, 0.05) is 12.8 Å². The van der Waals surface area contributed by atoms with Crippen LogP contribution in [0, 0.1) is 0 Å².